The number of hydrogen-bond donors (Lipinski definition) is 1. The number of anilines is 1. The molecule has 0 fully saturated rings. The molecule has 0 saturated heterocycles. The van der Waals surface area contributed by atoms with Crippen LogP contribution in [-0.2, 0) is 0 Å². The molecule has 0 aliphatic carbocycles. The van der Waals surface area contributed by atoms with Gasteiger partial charge in [-0.1, -0.05) is 23.8 Å². The summed E-state index contributed by atoms with van der Waals surface area (Å²) in [6.07, 6.45) is 0. The average Bonchev–Trinajstić information content (AvgIpc) is 2.43. The van der Waals surface area contributed by atoms with E-state index in [1.807, 2.05) is 18.2 Å². The Labute approximate surface area is 129 Å². The second-order valence-corrected chi connectivity index (χ2v) is 5.93. The molecule has 2 aromatic carbocycles. The quantitative estimate of drug-likeness (QED) is 0.825. The topological polar surface area (TPSA) is 21.3 Å². The molecule has 3 heteroatoms. The Hall–Kier alpha value is -1.48. The molecule has 20 heavy (non-hydrogen) atoms. The van der Waals surface area contributed by atoms with Gasteiger partial charge in [-0.15, -0.1) is 0 Å². The van der Waals surface area contributed by atoms with Crippen molar-refractivity contribution >= 4 is 21.6 Å². The fourth-order valence-electron chi connectivity index (χ4n) is 2.28. The standard InChI is InChI=1S/C17H20BrNO/c1-11-5-6-12(2)15(9-11)13(3)19-17-10-14(20-4)7-8-16(17)18/h5-10,13,19H,1-4H3. The van der Waals surface area contributed by atoms with Gasteiger partial charge in [0.15, 0.2) is 0 Å². The van der Waals surface area contributed by atoms with E-state index >= 15 is 0 Å². The number of methoxy groups -OCH3 is 1. The smallest absolute Gasteiger partial charge is 0.121 e. The van der Waals surface area contributed by atoms with Crippen LogP contribution in [0, 0.1) is 13.8 Å². The molecule has 0 bridgehead atoms. The number of halogens is 1. The normalized spacial score (nSPS) is 12.1. The summed E-state index contributed by atoms with van der Waals surface area (Å²) in [5.74, 6) is 0.851. The number of aryl methyl sites for hydroxylation is 2. The van der Waals surface area contributed by atoms with E-state index in [-0.39, 0.29) is 6.04 Å². The molecule has 2 nitrogen and oxygen atoms in total. The highest BCUT2D eigenvalue weighted by atomic mass is 79.9. The molecule has 0 saturated carbocycles. The Morgan fingerprint density at radius 2 is 1.85 bits per heavy atom. The molecule has 0 aliphatic rings. The summed E-state index contributed by atoms with van der Waals surface area (Å²) in [5, 5.41) is 3.54. The molecule has 1 N–H and O–H groups in total. The van der Waals surface area contributed by atoms with Crippen molar-refractivity contribution in [2.75, 3.05) is 12.4 Å². The summed E-state index contributed by atoms with van der Waals surface area (Å²) >= 11 is 3.58. The Morgan fingerprint density at radius 1 is 1.10 bits per heavy atom. The summed E-state index contributed by atoms with van der Waals surface area (Å²) in [4.78, 5) is 0. The van der Waals surface area contributed by atoms with Gasteiger partial charge in [0.2, 0.25) is 0 Å². The van der Waals surface area contributed by atoms with Crippen LogP contribution < -0.4 is 10.1 Å². The zero-order chi connectivity index (χ0) is 14.7. The van der Waals surface area contributed by atoms with E-state index < -0.39 is 0 Å². The van der Waals surface area contributed by atoms with Crippen LogP contribution in [0.3, 0.4) is 0 Å². The maximum atomic E-state index is 5.28. The highest BCUT2D eigenvalue weighted by Gasteiger charge is 2.11. The lowest BCUT2D eigenvalue weighted by Gasteiger charge is -2.20. The first-order chi connectivity index (χ1) is 9.51. The van der Waals surface area contributed by atoms with E-state index in [4.69, 9.17) is 4.74 Å². The van der Waals surface area contributed by atoms with Crippen molar-refractivity contribution < 1.29 is 4.74 Å². The number of nitrogens with one attached hydrogen (secondary N) is 1. The van der Waals surface area contributed by atoms with E-state index in [1.165, 1.54) is 16.7 Å². The second kappa shape index (κ2) is 6.31. The predicted molar refractivity (Wildman–Crippen MR) is 88.6 cm³/mol. The fourth-order valence-corrected chi connectivity index (χ4v) is 2.64. The van der Waals surface area contributed by atoms with Crippen LogP contribution in [0.1, 0.15) is 29.7 Å². The average molecular weight is 334 g/mol. The van der Waals surface area contributed by atoms with E-state index in [2.05, 4.69) is 60.2 Å². The maximum Gasteiger partial charge on any atom is 0.121 e. The lowest BCUT2D eigenvalue weighted by molar-refractivity contribution is 0.415. The van der Waals surface area contributed by atoms with Crippen molar-refractivity contribution in [2.45, 2.75) is 26.8 Å². The van der Waals surface area contributed by atoms with Crippen molar-refractivity contribution in [2.24, 2.45) is 0 Å². The molecule has 0 aromatic heterocycles. The van der Waals surface area contributed by atoms with Crippen LogP contribution in [-0.4, -0.2) is 7.11 Å². The largest absolute Gasteiger partial charge is 0.497 e. The summed E-state index contributed by atoms with van der Waals surface area (Å²) in [7, 11) is 1.68. The minimum Gasteiger partial charge on any atom is -0.497 e. The van der Waals surface area contributed by atoms with Gasteiger partial charge in [0.05, 0.1) is 12.8 Å². The molecular formula is C17H20BrNO. The predicted octanol–water partition coefficient (Wildman–Crippen LogP) is 5.25. The molecule has 0 heterocycles. The first-order valence-electron chi connectivity index (χ1n) is 6.68. The van der Waals surface area contributed by atoms with Gasteiger partial charge < -0.3 is 10.1 Å². The molecule has 1 atom stereocenters. The Balaban J connectivity index is 2.27. The summed E-state index contributed by atoms with van der Waals surface area (Å²) < 4.78 is 6.32. The third-order valence-corrected chi connectivity index (χ3v) is 4.14. The number of hydrogen-bond acceptors (Lipinski definition) is 2. The van der Waals surface area contributed by atoms with Crippen molar-refractivity contribution in [1.29, 1.82) is 0 Å². The SMILES string of the molecule is COc1ccc(Br)c(NC(C)c2cc(C)ccc2C)c1. The van der Waals surface area contributed by atoms with Gasteiger partial charge in [-0.05, 0) is 60.0 Å². The van der Waals surface area contributed by atoms with Crippen molar-refractivity contribution in [3.63, 3.8) is 0 Å². The van der Waals surface area contributed by atoms with Crippen molar-refractivity contribution in [3.05, 3.63) is 57.6 Å². The molecule has 106 valence electrons. The minimum absolute atomic E-state index is 0.235. The van der Waals surface area contributed by atoms with Gasteiger partial charge in [0.25, 0.3) is 0 Å². The Bertz CT molecular complexity index is 610. The molecule has 0 aliphatic heterocycles. The van der Waals surface area contributed by atoms with Crippen molar-refractivity contribution in [1.82, 2.24) is 0 Å². The van der Waals surface area contributed by atoms with Gasteiger partial charge in [-0.25, -0.2) is 0 Å². The van der Waals surface area contributed by atoms with E-state index in [9.17, 15) is 0 Å². The lowest BCUT2D eigenvalue weighted by atomic mass is 10.00. The van der Waals surface area contributed by atoms with Crippen LogP contribution in [0.25, 0.3) is 0 Å². The summed E-state index contributed by atoms with van der Waals surface area (Å²) in [6, 6.07) is 12.7. The number of benzene rings is 2. The highest BCUT2D eigenvalue weighted by molar-refractivity contribution is 9.10. The molecule has 2 rings (SSSR count). The van der Waals surface area contributed by atoms with Crippen LogP contribution >= 0.6 is 15.9 Å². The Morgan fingerprint density at radius 3 is 2.55 bits per heavy atom. The summed E-state index contributed by atoms with van der Waals surface area (Å²) in [6.45, 7) is 6.44. The van der Waals surface area contributed by atoms with Crippen LogP contribution in [0.2, 0.25) is 0 Å². The summed E-state index contributed by atoms with van der Waals surface area (Å²) in [5.41, 5.74) is 4.94. The first kappa shape index (κ1) is 14.9. The highest BCUT2D eigenvalue weighted by Crippen LogP contribution is 2.31. The molecule has 0 radical (unpaired) electrons. The Kier molecular flexibility index (Phi) is 4.71. The third kappa shape index (κ3) is 3.34. The van der Waals surface area contributed by atoms with E-state index in [1.54, 1.807) is 7.11 Å². The second-order valence-electron chi connectivity index (χ2n) is 5.07. The zero-order valence-corrected chi connectivity index (χ0v) is 13.9. The van der Waals surface area contributed by atoms with Gasteiger partial charge in [-0.3, -0.25) is 0 Å². The number of ether oxygens (including phenoxy) is 1. The lowest BCUT2D eigenvalue weighted by Crippen LogP contribution is -2.09. The van der Waals surface area contributed by atoms with Gasteiger partial charge in [-0.2, -0.15) is 0 Å². The van der Waals surface area contributed by atoms with Gasteiger partial charge in [0, 0.05) is 16.6 Å². The first-order valence-corrected chi connectivity index (χ1v) is 7.48. The van der Waals surface area contributed by atoms with E-state index in [0.29, 0.717) is 0 Å². The molecule has 2 aromatic rings. The molecular weight excluding hydrogens is 314 g/mol. The van der Waals surface area contributed by atoms with Crippen molar-refractivity contribution in [3.8, 4) is 5.75 Å². The van der Waals surface area contributed by atoms with Gasteiger partial charge in [0.1, 0.15) is 5.75 Å². The minimum atomic E-state index is 0.235. The van der Waals surface area contributed by atoms with Crippen LogP contribution in [0.15, 0.2) is 40.9 Å². The maximum absolute atomic E-state index is 5.28. The number of rotatable bonds is 4. The molecule has 0 spiro atoms. The zero-order valence-electron chi connectivity index (χ0n) is 12.3. The molecule has 1 unspecified atom stereocenters. The molecule has 0 amide bonds. The third-order valence-electron chi connectivity index (χ3n) is 3.45. The fraction of sp³-hybridized carbons (Fsp3) is 0.294. The van der Waals surface area contributed by atoms with E-state index in [0.717, 1.165) is 15.9 Å². The monoisotopic (exact) mass is 333 g/mol. The van der Waals surface area contributed by atoms with Crippen LogP contribution in [0.5, 0.6) is 5.75 Å². The van der Waals surface area contributed by atoms with Crippen LogP contribution in [0.4, 0.5) is 5.69 Å². The van der Waals surface area contributed by atoms with Gasteiger partial charge >= 0.3 is 0 Å².